The quantitative estimate of drug-likeness (QED) is 0.566. The molecule has 0 N–H and O–H groups in total. The van der Waals surface area contributed by atoms with Crippen LogP contribution in [0.15, 0.2) is 42.5 Å². The SMILES string of the molecule is Fc1ccc(COc2cccc(C#CCCCl)c2)cc1Cl. The average molecular weight is 323 g/mol. The second-order valence-electron chi connectivity index (χ2n) is 4.31. The predicted octanol–water partition coefficient (Wildman–Crippen LogP) is 5.04. The summed E-state index contributed by atoms with van der Waals surface area (Å²) in [5.74, 6) is 6.78. The first-order valence-electron chi connectivity index (χ1n) is 6.40. The molecule has 0 spiro atoms. The highest BCUT2D eigenvalue weighted by atomic mass is 35.5. The zero-order valence-corrected chi connectivity index (χ0v) is 12.7. The molecule has 0 aromatic heterocycles. The molecule has 0 unspecified atom stereocenters. The van der Waals surface area contributed by atoms with E-state index in [1.807, 2.05) is 24.3 Å². The van der Waals surface area contributed by atoms with Gasteiger partial charge >= 0.3 is 0 Å². The van der Waals surface area contributed by atoms with Crippen LogP contribution in [0.5, 0.6) is 5.75 Å². The van der Waals surface area contributed by atoms with Crippen LogP contribution in [0.4, 0.5) is 4.39 Å². The van der Waals surface area contributed by atoms with E-state index in [-0.39, 0.29) is 5.02 Å². The highest BCUT2D eigenvalue weighted by molar-refractivity contribution is 6.30. The van der Waals surface area contributed by atoms with Crippen molar-refractivity contribution in [2.45, 2.75) is 13.0 Å². The van der Waals surface area contributed by atoms with Crippen LogP contribution in [0.1, 0.15) is 17.5 Å². The van der Waals surface area contributed by atoms with E-state index < -0.39 is 5.82 Å². The summed E-state index contributed by atoms with van der Waals surface area (Å²) in [5.41, 5.74) is 1.68. The Bertz CT molecular complexity index is 674. The molecule has 2 aromatic rings. The molecule has 0 aliphatic heterocycles. The lowest BCUT2D eigenvalue weighted by atomic mass is 10.2. The summed E-state index contributed by atoms with van der Waals surface area (Å²) in [7, 11) is 0. The van der Waals surface area contributed by atoms with Crippen molar-refractivity contribution in [3.05, 3.63) is 64.4 Å². The zero-order chi connectivity index (χ0) is 15.1. The molecule has 0 saturated carbocycles. The number of alkyl halides is 1. The van der Waals surface area contributed by atoms with Crippen LogP contribution in [-0.2, 0) is 6.61 Å². The fourth-order valence-corrected chi connectivity index (χ4v) is 1.97. The Morgan fingerprint density at radius 2 is 2.00 bits per heavy atom. The van der Waals surface area contributed by atoms with Crippen LogP contribution < -0.4 is 4.74 Å². The van der Waals surface area contributed by atoms with E-state index in [4.69, 9.17) is 27.9 Å². The highest BCUT2D eigenvalue weighted by Crippen LogP contribution is 2.19. The van der Waals surface area contributed by atoms with Gasteiger partial charge in [0.05, 0.1) is 5.02 Å². The van der Waals surface area contributed by atoms with Crippen LogP contribution in [-0.4, -0.2) is 5.88 Å². The van der Waals surface area contributed by atoms with Crippen LogP contribution in [0.25, 0.3) is 0 Å². The molecule has 0 amide bonds. The van der Waals surface area contributed by atoms with Gasteiger partial charge in [0, 0.05) is 17.9 Å². The Hall–Kier alpha value is -1.69. The average Bonchev–Trinajstić information content (AvgIpc) is 2.49. The maximum absolute atomic E-state index is 13.1. The van der Waals surface area contributed by atoms with Gasteiger partial charge in [-0.1, -0.05) is 35.6 Å². The lowest BCUT2D eigenvalue weighted by Gasteiger charge is -2.07. The molecule has 0 aliphatic carbocycles. The van der Waals surface area contributed by atoms with E-state index in [1.54, 1.807) is 12.1 Å². The van der Waals surface area contributed by atoms with Gasteiger partial charge in [-0.15, -0.1) is 11.6 Å². The Labute approximate surface area is 133 Å². The molecule has 0 aliphatic rings. The summed E-state index contributed by atoms with van der Waals surface area (Å²) in [4.78, 5) is 0. The smallest absolute Gasteiger partial charge is 0.141 e. The topological polar surface area (TPSA) is 9.23 Å². The number of benzene rings is 2. The van der Waals surface area contributed by atoms with Gasteiger partial charge in [-0.25, -0.2) is 4.39 Å². The second kappa shape index (κ2) is 7.93. The molecule has 0 heterocycles. The lowest BCUT2D eigenvalue weighted by molar-refractivity contribution is 0.306. The molecule has 108 valence electrons. The van der Waals surface area contributed by atoms with Crippen molar-refractivity contribution in [2.24, 2.45) is 0 Å². The summed E-state index contributed by atoms with van der Waals surface area (Å²) in [6.45, 7) is 0.318. The van der Waals surface area contributed by atoms with E-state index in [0.29, 0.717) is 24.7 Å². The summed E-state index contributed by atoms with van der Waals surface area (Å²) in [5, 5.41) is 0.0943. The van der Waals surface area contributed by atoms with Gasteiger partial charge in [0.2, 0.25) is 0 Å². The minimum Gasteiger partial charge on any atom is -0.489 e. The first-order valence-corrected chi connectivity index (χ1v) is 7.32. The summed E-state index contributed by atoms with van der Waals surface area (Å²) >= 11 is 11.3. The monoisotopic (exact) mass is 322 g/mol. The van der Waals surface area contributed by atoms with Crippen molar-refractivity contribution < 1.29 is 9.13 Å². The normalized spacial score (nSPS) is 9.86. The lowest BCUT2D eigenvalue weighted by Crippen LogP contribution is -1.96. The molecule has 0 bridgehead atoms. The third-order valence-corrected chi connectivity index (χ3v) is 3.15. The molecular weight excluding hydrogens is 310 g/mol. The van der Waals surface area contributed by atoms with E-state index in [0.717, 1.165) is 11.1 Å². The molecule has 0 atom stereocenters. The van der Waals surface area contributed by atoms with Crippen LogP contribution in [0.2, 0.25) is 5.02 Å². The number of halogens is 3. The van der Waals surface area contributed by atoms with E-state index in [1.165, 1.54) is 6.07 Å². The van der Waals surface area contributed by atoms with Gasteiger partial charge in [0.15, 0.2) is 0 Å². The number of hydrogen-bond donors (Lipinski definition) is 0. The van der Waals surface area contributed by atoms with Gasteiger partial charge in [0.25, 0.3) is 0 Å². The first kappa shape index (κ1) is 15.7. The van der Waals surface area contributed by atoms with E-state index >= 15 is 0 Å². The number of ether oxygens (including phenoxy) is 1. The fraction of sp³-hybridized carbons (Fsp3) is 0.176. The van der Waals surface area contributed by atoms with E-state index in [9.17, 15) is 4.39 Å². The summed E-state index contributed by atoms with van der Waals surface area (Å²) < 4.78 is 18.7. The molecule has 2 aromatic carbocycles. The molecule has 0 fully saturated rings. The number of hydrogen-bond acceptors (Lipinski definition) is 1. The van der Waals surface area contributed by atoms with Gasteiger partial charge in [-0.3, -0.25) is 0 Å². The molecule has 2 rings (SSSR count). The largest absolute Gasteiger partial charge is 0.489 e. The highest BCUT2D eigenvalue weighted by Gasteiger charge is 2.02. The first-order chi connectivity index (χ1) is 10.2. The van der Waals surface area contributed by atoms with Crippen LogP contribution in [0, 0.1) is 17.7 Å². The molecule has 1 nitrogen and oxygen atoms in total. The summed E-state index contributed by atoms with van der Waals surface area (Å²) in [6, 6.07) is 12.0. The Morgan fingerprint density at radius 3 is 2.76 bits per heavy atom. The fourth-order valence-electron chi connectivity index (χ4n) is 1.67. The summed E-state index contributed by atoms with van der Waals surface area (Å²) in [6.07, 6.45) is 0.653. The molecule has 0 saturated heterocycles. The Morgan fingerprint density at radius 1 is 1.14 bits per heavy atom. The number of rotatable bonds is 4. The van der Waals surface area contributed by atoms with Gasteiger partial charge in [-0.2, -0.15) is 0 Å². The van der Waals surface area contributed by atoms with Crippen molar-refractivity contribution in [3.8, 4) is 17.6 Å². The van der Waals surface area contributed by atoms with E-state index in [2.05, 4.69) is 11.8 Å². The molecule has 0 radical (unpaired) electrons. The van der Waals surface area contributed by atoms with Gasteiger partial charge in [-0.05, 0) is 35.9 Å². The minimum absolute atomic E-state index is 0.0943. The van der Waals surface area contributed by atoms with Gasteiger partial charge in [0.1, 0.15) is 18.2 Å². The van der Waals surface area contributed by atoms with Crippen LogP contribution >= 0.6 is 23.2 Å². The third kappa shape index (κ3) is 4.97. The predicted molar refractivity (Wildman–Crippen MR) is 84.4 cm³/mol. The maximum Gasteiger partial charge on any atom is 0.141 e. The molecular formula is C17H13Cl2FO. The van der Waals surface area contributed by atoms with Gasteiger partial charge < -0.3 is 4.74 Å². The van der Waals surface area contributed by atoms with Crippen molar-refractivity contribution in [1.82, 2.24) is 0 Å². The standard InChI is InChI=1S/C17H13Cl2FO/c18-9-2-1-4-13-5-3-6-15(10-13)21-12-14-7-8-17(20)16(19)11-14/h3,5-8,10-11H,2,9,12H2. The van der Waals surface area contributed by atoms with Crippen molar-refractivity contribution in [3.63, 3.8) is 0 Å². The maximum atomic E-state index is 13.1. The molecule has 21 heavy (non-hydrogen) atoms. The van der Waals surface area contributed by atoms with Crippen molar-refractivity contribution in [2.75, 3.05) is 5.88 Å². The molecule has 4 heteroatoms. The minimum atomic E-state index is -0.433. The van der Waals surface area contributed by atoms with Crippen molar-refractivity contribution in [1.29, 1.82) is 0 Å². The Kier molecular flexibility index (Phi) is 5.92. The van der Waals surface area contributed by atoms with Crippen molar-refractivity contribution >= 4 is 23.2 Å². The second-order valence-corrected chi connectivity index (χ2v) is 5.09. The Balaban J connectivity index is 2.01. The zero-order valence-electron chi connectivity index (χ0n) is 11.2. The van der Waals surface area contributed by atoms with Crippen LogP contribution in [0.3, 0.4) is 0 Å². The third-order valence-electron chi connectivity index (χ3n) is 2.68.